The number of fused-ring (bicyclic) bond motifs is 1. The molecule has 0 atom stereocenters. The summed E-state index contributed by atoms with van der Waals surface area (Å²) in [7, 11) is 0. The highest BCUT2D eigenvalue weighted by atomic mass is 19.1. The van der Waals surface area contributed by atoms with Gasteiger partial charge in [-0.15, -0.1) is 5.10 Å². The van der Waals surface area contributed by atoms with Crippen LogP contribution in [0.1, 0.15) is 6.92 Å². The molecule has 0 radical (unpaired) electrons. The number of nitrogens with zero attached hydrogens (tertiary/aromatic N) is 6. The minimum Gasteiger partial charge on any atom is -0.492 e. The van der Waals surface area contributed by atoms with E-state index in [1.165, 1.54) is 18.5 Å². The molecule has 1 saturated heterocycles. The maximum absolute atomic E-state index is 12.8. The maximum atomic E-state index is 12.8. The molecule has 1 aliphatic heterocycles. The van der Waals surface area contributed by atoms with E-state index in [2.05, 4.69) is 25.6 Å². The predicted molar refractivity (Wildman–Crippen MR) is 99.4 cm³/mol. The van der Waals surface area contributed by atoms with Crippen molar-refractivity contribution in [2.24, 2.45) is 5.92 Å². The molecule has 1 N–H and O–H groups in total. The van der Waals surface area contributed by atoms with Crippen LogP contribution >= 0.6 is 0 Å². The van der Waals surface area contributed by atoms with Crippen LogP contribution in [0.4, 0.5) is 10.2 Å². The number of halogens is 1. The first-order valence-corrected chi connectivity index (χ1v) is 9.11. The van der Waals surface area contributed by atoms with Gasteiger partial charge in [0.05, 0.1) is 12.5 Å². The highest BCUT2D eigenvalue weighted by Crippen LogP contribution is 2.27. The molecule has 1 aromatic carbocycles. The number of anilines is 1. The van der Waals surface area contributed by atoms with Crippen molar-refractivity contribution in [2.75, 3.05) is 31.1 Å². The fourth-order valence-corrected chi connectivity index (χ4v) is 3.06. The fourth-order valence-electron chi connectivity index (χ4n) is 3.06. The Balaban J connectivity index is 1.25. The number of hydrogen-bond donors (Lipinski definition) is 1. The summed E-state index contributed by atoms with van der Waals surface area (Å²) in [6.07, 6.45) is 1.49. The van der Waals surface area contributed by atoms with Crippen molar-refractivity contribution in [3.63, 3.8) is 0 Å². The lowest BCUT2D eigenvalue weighted by Gasteiger charge is -2.38. The van der Waals surface area contributed by atoms with Gasteiger partial charge in [-0.3, -0.25) is 4.79 Å². The molecule has 2 aromatic heterocycles. The molecule has 3 heterocycles. The summed E-state index contributed by atoms with van der Waals surface area (Å²) in [6.45, 7) is 4.49. The number of rotatable bonds is 7. The molecule has 1 fully saturated rings. The summed E-state index contributed by atoms with van der Waals surface area (Å²) in [5, 5.41) is 11.1. The molecular formula is C18H20FN7O2. The van der Waals surface area contributed by atoms with E-state index in [1.54, 1.807) is 16.8 Å². The average molecular weight is 385 g/mol. The predicted octanol–water partition coefficient (Wildman–Crippen LogP) is 1.01. The number of hydrogen-bond acceptors (Lipinski definition) is 7. The van der Waals surface area contributed by atoms with Gasteiger partial charge in [0.25, 0.3) is 0 Å². The van der Waals surface area contributed by atoms with E-state index in [9.17, 15) is 9.18 Å². The van der Waals surface area contributed by atoms with E-state index in [-0.39, 0.29) is 17.6 Å². The lowest BCUT2D eigenvalue weighted by molar-refractivity contribution is -0.125. The third-order valence-electron chi connectivity index (χ3n) is 4.62. The monoisotopic (exact) mass is 385 g/mol. The van der Waals surface area contributed by atoms with Crippen molar-refractivity contribution in [3.8, 4) is 5.75 Å². The molecule has 146 valence electrons. The van der Waals surface area contributed by atoms with Crippen LogP contribution in [0.2, 0.25) is 0 Å². The molecule has 0 spiro atoms. The molecule has 4 rings (SSSR count). The van der Waals surface area contributed by atoms with Crippen molar-refractivity contribution in [1.82, 2.24) is 30.3 Å². The van der Waals surface area contributed by atoms with Gasteiger partial charge in [-0.1, -0.05) is 5.21 Å². The zero-order valence-electron chi connectivity index (χ0n) is 15.4. The molecule has 1 aliphatic rings. The molecule has 0 aliphatic carbocycles. The fraction of sp³-hybridized carbons (Fsp3) is 0.389. The van der Waals surface area contributed by atoms with Gasteiger partial charge in [0, 0.05) is 19.6 Å². The molecule has 0 saturated carbocycles. The molecule has 3 aromatic rings. The molecule has 9 nitrogen and oxygen atoms in total. The van der Waals surface area contributed by atoms with Gasteiger partial charge in [0.2, 0.25) is 5.91 Å². The Morgan fingerprint density at radius 2 is 2.07 bits per heavy atom. The molecule has 28 heavy (non-hydrogen) atoms. The Morgan fingerprint density at radius 3 is 2.82 bits per heavy atom. The number of aromatic nitrogens is 5. The molecule has 0 bridgehead atoms. The minimum absolute atomic E-state index is 0.0264. The Kier molecular flexibility index (Phi) is 5.00. The zero-order chi connectivity index (χ0) is 19.5. The van der Waals surface area contributed by atoms with Crippen LogP contribution in [0.3, 0.4) is 0 Å². The first-order chi connectivity index (χ1) is 13.7. The summed E-state index contributed by atoms with van der Waals surface area (Å²) in [4.78, 5) is 22.8. The normalized spacial score (nSPS) is 14.1. The quantitative estimate of drug-likeness (QED) is 0.606. The Bertz CT molecular complexity index is 970. The average Bonchev–Trinajstić information content (AvgIpc) is 3.09. The summed E-state index contributed by atoms with van der Waals surface area (Å²) in [6, 6.07) is 5.77. The van der Waals surface area contributed by atoms with Crippen LogP contribution in [-0.2, 0) is 11.3 Å². The maximum Gasteiger partial charge on any atom is 0.226 e. The Morgan fingerprint density at radius 1 is 1.29 bits per heavy atom. The highest BCUT2D eigenvalue weighted by Gasteiger charge is 2.34. The smallest absolute Gasteiger partial charge is 0.226 e. The Hall–Kier alpha value is -3.30. The van der Waals surface area contributed by atoms with Crippen molar-refractivity contribution in [1.29, 1.82) is 0 Å². The third kappa shape index (κ3) is 3.57. The number of amides is 1. The second-order valence-electron chi connectivity index (χ2n) is 6.47. The summed E-state index contributed by atoms with van der Waals surface area (Å²) >= 11 is 0. The van der Waals surface area contributed by atoms with Crippen LogP contribution in [0.25, 0.3) is 11.2 Å². The van der Waals surface area contributed by atoms with E-state index in [4.69, 9.17) is 4.74 Å². The SMILES string of the molecule is CCn1nnc2c(N3CC(C(=O)NCCOc4ccc(F)cc4)C3)ncnc21. The lowest BCUT2D eigenvalue weighted by atomic mass is 9.99. The first-order valence-electron chi connectivity index (χ1n) is 9.11. The molecule has 0 unspecified atom stereocenters. The first kappa shape index (κ1) is 18.1. The van der Waals surface area contributed by atoms with Crippen LogP contribution in [-0.4, -0.2) is 57.1 Å². The van der Waals surface area contributed by atoms with E-state index in [0.29, 0.717) is 55.5 Å². The van der Waals surface area contributed by atoms with Gasteiger partial charge in [-0.25, -0.2) is 19.0 Å². The van der Waals surface area contributed by atoms with Crippen LogP contribution in [0, 0.1) is 11.7 Å². The van der Waals surface area contributed by atoms with E-state index in [1.807, 2.05) is 11.8 Å². The summed E-state index contributed by atoms with van der Waals surface area (Å²) in [5.74, 6) is 0.818. The van der Waals surface area contributed by atoms with Crippen LogP contribution in [0.15, 0.2) is 30.6 Å². The van der Waals surface area contributed by atoms with Crippen molar-refractivity contribution in [3.05, 3.63) is 36.4 Å². The number of aryl methyl sites for hydroxylation is 1. The number of nitrogens with one attached hydrogen (secondary N) is 1. The van der Waals surface area contributed by atoms with Gasteiger partial charge < -0.3 is 15.0 Å². The van der Waals surface area contributed by atoms with Crippen LogP contribution < -0.4 is 15.0 Å². The summed E-state index contributed by atoms with van der Waals surface area (Å²) in [5.41, 5.74) is 1.34. The minimum atomic E-state index is -0.312. The second-order valence-corrected chi connectivity index (χ2v) is 6.47. The lowest BCUT2D eigenvalue weighted by Crippen LogP contribution is -2.54. The largest absolute Gasteiger partial charge is 0.492 e. The number of carbonyl (C=O) groups is 1. The third-order valence-corrected chi connectivity index (χ3v) is 4.62. The van der Waals surface area contributed by atoms with E-state index >= 15 is 0 Å². The van der Waals surface area contributed by atoms with Gasteiger partial charge in [-0.2, -0.15) is 0 Å². The standard InChI is InChI=1S/C18H20FN7O2/c1-2-26-17-15(23-24-26)16(21-11-22-17)25-9-12(10-25)18(27)20-7-8-28-14-5-3-13(19)4-6-14/h3-6,11-12H,2,7-10H2,1H3,(H,20,27). The highest BCUT2D eigenvalue weighted by molar-refractivity contribution is 5.86. The number of benzene rings is 1. The topological polar surface area (TPSA) is 98.1 Å². The molecular weight excluding hydrogens is 365 g/mol. The number of carbonyl (C=O) groups excluding carboxylic acids is 1. The van der Waals surface area contributed by atoms with Crippen LogP contribution in [0.5, 0.6) is 5.75 Å². The number of ether oxygens (including phenoxy) is 1. The van der Waals surface area contributed by atoms with Crippen molar-refractivity contribution in [2.45, 2.75) is 13.5 Å². The van der Waals surface area contributed by atoms with Gasteiger partial charge >= 0.3 is 0 Å². The zero-order valence-corrected chi connectivity index (χ0v) is 15.4. The van der Waals surface area contributed by atoms with Crippen molar-refractivity contribution < 1.29 is 13.9 Å². The van der Waals surface area contributed by atoms with Gasteiger partial charge in [0.1, 0.15) is 24.5 Å². The summed E-state index contributed by atoms with van der Waals surface area (Å²) < 4.78 is 20.0. The van der Waals surface area contributed by atoms with Gasteiger partial charge in [-0.05, 0) is 31.2 Å². The van der Waals surface area contributed by atoms with E-state index in [0.717, 1.165) is 0 Å². The second kappa shape index (κ2) is 7.75. The Labute approximate surface area is 160 Å². The molecule has 10 heteroatoms. The molecule has 1 amide bonds. The van der Waals surface area contributed by atoms with Crippen molar-refractivity contribution >= 4 is 22.9 Å². The van der Waals surface area contributed by atoms with Gasteiger partial charge in [0.15, 0.2) is 17.0 Å². The van der Waals surface area contributed by atoms with E-state index < -0.39 is 0 Å².